The van der Waals surface area contributed by atoms with E-state index < -0.39 is 0 Å². The van der Waals surface area contributed by atoms with Gasteiger partial charge < -0.3 is 10.5 Å². The van der Waals surface area contributed by atoms with Gasteiger partial charge in [-0.1, -0.05) is 23.8 Å². The Hall–Kier alpha value is -0.860. The van der Waals surface area contributed by atoms with Gasteiger partial charge in [0.2, 0.25) is 0 Å². The number of aryl methyl sites for hydroxylation is 2. The Bertz CT molecular complexity index is 296. The molecule has 0 saturated heterocycles. The number of methoxy groups -OCH3 is 1. The average Bonchev–Trinajstić information content (AvgIpc) is 2.18. The summed E-state index contributed by atoms with van der Waals surface area (Å²) < 4.78 is 5.02. The highest BCUT2D eigenvalue weighted by Crippen LogP contribution is 2.19. The van der Waals surface area contributed by atoms with E-state index in [4.69, 9.17) is 10.5 Å². The number of ether oxygens (including phenoxy) is 1. The van der Waals surface area contributed by atoms with Crippen molar-refractivity contribution >= 4 is 0 Å². The zero-order valence-corrected chi connectivity index (χ0v) is 9.21. The molecule has 0 aliphatic carbocycles. The molecule has 0 aliphatic rings. The SMILES string of the molecule is COCCC(N)c1cc(C)ccc1C. The smallest absolute Gasteiger partial charge is 0.0480 e. The number of nitrogens with two attached hydrogens (primary N) is 1. The van der Waals surface area contributed by atoms with Crippen molar-refractivity contribution in [2.75, 3.05) is 13.7 Å². The summed E-state index contributed by atoms with van der Waals surface area (Å²) >= 11 is 0. The van der Waals surface area contributed by atoms with Gasteiger partial charge in [0.1, 0.15) is 0 Å². The van der Waals surface area contributed by atoms with Crippen LogP contribution in [-0.4, -0.2) is 13.7 Å². The maximum atomic E-state index is 6.07. The third-order valence-electron chi connectivity index (χ3n) is 2.47. The first-order valence-electron chi connectivity index (χ1n) is 4.97. The maximum absolute atomic E-state index is 6.07. The minimum atomic E-state index is 0.0925. The topological polar surface area (TPSA) is 35.2 Å². The number of benzene rings is 1. The van der Waals surface area contributed by atoms with Crippen molar-refractivity contribution in [2.24, 2.45) is 5.73 Å². The van der Waals surface area contributed by atoms with Crippen molar-refractivity contribution in [1.82, 2.24) is 0 Å². The zero-order chi connectivity index (χ0) is 10.6. The maximum Gasteiger partial charge on any atom is 0.0480 e. The predicted molar refractivity (Wildman–Crippen MR) is 59.3 cm³/mol. The van der Waals surface area contributed by atoms with Gasteiger partial charge in [0.05, 0.1) is 0 Å². The molecular weight excluding hydrogens is 174 g/mol. The molecule has 1 aromatic carbocycles. The zero-order valence-electron chi connectivity index (χ0n) is 9.21. The molecule has 78 valence electrons. The van der Waals surface area contributed by atoms with Gasteiger partial charge in [0, 0.05) is 19.8 Å². The van der Waals surface area contributed by atoms with Crippen molar-refractivity contribution in [3.63, 3.8) is 0 Å². The van der Waals surface area contributed by atoms with E-state index in [0.29, 0.717) is 6.61 Å². The average molecular weight is 193 g/mol. The lowest BCUT2D eigenvalue weighted by Gasteiger charge is -2.14. The molecular formula is C12H19NO. The standard InChI is InChI=1S/C12H19NO/c1-9-4-5-10(2)11(8-9)12(13)6-7-14-3/h4-5,8,12H,6-7,13H2,1-3H3. The normalized spacial score (nSPS) is 12.9. The Morgan fingerprint density at radius 2 is 2.07 bits per heavy atom. The second-order valence-corrected chi connectivity index (χ2v) is 3.75. The van der Waals surface area contributed by atoms with Crippen molar-refractivity contribution in [2.45, 2.75) is 26.3 Å². The van der Waals surface area contributed by atoms with E-state index >= 15 is 0 Å². The van der Waals surface area contributed by atoms with Gasteiger partial charge in [0.25, 0.3) is 0 Å². The first-order valence-corrected chi connectivity index (χ1v) is 4.97. The molecule has 2 heteroatoms. The van der Waals surface area contributed by atoms with Crippen LogP contribution in [0.25, 0.3) is 0 Å². The fourth-order valence-electron chi connectivity index (χ4n) is 1.56. The Morgan fingerprint density at radius 1 is 1.36 bits per heavy atom. The molecule has 0 bridgehead atoms. The quantitative estimate of drug-likeness (QED) is 0.796. The molecule has 0 spiro atoms. The molecule has 1 aromatic rings. The molecule has 1 atom stereocenters. The Morgan fingerprint density at radius 3 is 2.71 bits per heavy atom. The van der Waals surface area contributed by atoms with E-state index in [1.54, 1.807) is 7.11 Å². The van der Waals surface area contributed by atoms with E-state index in [0.717, 1.165) is 6.42 Å². The van der Waals surface area contributed by atoms with Crippen LogP contribution in [0.3, 0.4) is 0 Å². The minimum Gasteiger partial charge on any atom is -0.385 e. The highest BCUT2D eigenvalue weighted by molar-refractivity contribution is 5.32. The van der Waals surface area contributed by atoms with Gasteiger partial charge in [-0.05, 0) is 31.4 Å². The van der Waals surface area contributed by atoms with Crippen molar-refractivity contribution in [1.29, 1.82) is 0 Å². The highest BCUT2D eigenvalue weighted by Gasteiger charge is 2.08. The fourth-order valence-corrected chi connectivity index (χ4v) is 1.56. The molecule has 2 N–H and O–H groups in total. The summed E-state index contributed by atoms with van der Waals surface area (Å²) in [6.07, 6.45) is 0.876. The van der Waals surface area contributed by atoms with E-state index in [9.17, 15) is 0 Å². The van der Waals surface area contributed by atoms with E-state index in [-0.39, 0.29) is 6.04 Å². The highest BCUT2D eigenvalue weighted by atomic mass is 16.5. The van der Waals surface area contributed by atoms with E-state index in [1.165, 1.54) is 16.7 Å². The Labute approximate surface area is 86.1 Å². The van der Waals surface area contributed by atoms with Crippen LogP contribution < -0.4 is 5.73 Å². The summed E-state index contributed by atoms with van der Waals surface area (Å²) in [5.74, 6) is 0. The predicted octanol–water partition coefficient (Wildman–Crippen LogP) is 2.34. The molecule has 0 fully saturated rings. The van der Waals surface area contributed by atoms with Gasteiger partial charge in [-0.3, -0.25) is 0 Å². The second kappa shape index (κ2) is 5.13. The molecule has 0 radical (unpaired) electrons. The largest absolute Gasteiger partial charge is 0.385 e. The van der Waals surface area contributed by atoms with Crippen molar-refractivity contribution < 1.29 is 4.74 Å². The van der Waals surface area contributed by atoms with E-state index in [1.807, 2.05) is 0 Å². The number of hydrogen-bond donors (Lipinski definition) is 1. The van der Waals surface area contributed by atoms with E-state index in [2.05, 4.69) is 32.0 Å². The molecule has 1 unspecified atom stereocenters. The first kappa shape index (κ1) is 11.2. The first-order chi connectivity index (χ1) is 6.65. The lowest BCUT2D eigenvalue weighted by molar-refractivity contribution is 0.188. The lowest BCUT2D eigenvalue weighted by atomic mass is 9.98. The third-order valence-corrected chi connectivity index (χ3v) is 2.47. The van der Waals surface area contributed by atoms with Crippen LogP contribution in [0, 0.1) is 13.8 Å². The molecule has 0 aliphatic heterocycles. The van der Waals surface area contributed by atoms with Gasteiger partial charge in [-0.2, -0.15) is 0 Å². The van der Waals surface area contributed by atoms with Crippen molar-refractivity contribution in [3.05, 3.63) is 34.9 Å². The van der Waals surface area contributed by atoms with Crippen LogP contribution in [0.15, 0.2) is 18.2 Å². The minimum absolute atomic E-state index is 0.0925. The lowest BCUT2D eigenvalue weighted by Crippen LogP contribution is -2.14. The summed E-state index contributed by atoms with van der Waals surface area (Å²) in [5.41, 5.74) is 9.83. The van der Waals surface area contributed by atoms with Gasteiger partial charge in [0.15, 0.2) is 0 Å². The summed E-state index contributed by atoms with van der Waals surface area (Å²) in [4.78, 5) is 0. The summed E-state index contributed by atoms with van der Waals surface area (Å²) in [5, 5.41) is 0. The van der Waals surface area contributed by atoms with Gasteiger partial charge >= 0.3 is 0 Å². The summed E-state index contributed by atoms with van der Waals surface area (Å²) in [7, 11) is 1.70. The number of rotatable bonds is 4. The fraction of sp³-hybridized carbons (Fsp3) is 0.500. The third kappa shape index (κ3) is 2.82. The summed E-state index contributed by atoms with van der Waals surface area (Å²) in [6.45, 7) is 4.90. The van der Waals surface area contributed by atoms with Gasteiger partial charge in [-0.15, -0.1) is 0 Å². The van der Waals surface area contributed by atoms with Crippen LogP contribution in [-0.2, 0) is 4.74 Å². The Balaban J connectivity index is 2.77. The second-order valence-electron chi connectivity index (χ2n) is 3.75. The number of hydrogen-bond acceptors (Lipinski definition) is 2. The molecule has 0 saturated carbocycles. The molecule has 1 rings (SSSR count). The van der Waals surface area contributed by atoms with Crippen LogP contribution in [0.2, 0.25) is 0 Å². The molecule has 14 heavy (non-hydrogen) atoms. The van der Waals surface area contributed by atoms with Gasteiger partial charge in [-0.25, -0.2) is 0 Å². The van der Waals surface area contributed by atoms with Crippen molar-refractivity contribution in [3.8, 4) is 0 Å². The molecule has 0 heterocycles. The van der Waals surface area contributed by atoms with Crippen LogP contribution in [0.5, 0.6) is 0 Å². The molecule has 2 nitrogen and oxygen atoms in total. The Kier molecular flexibility index (Phi) is 4.11. The van der Waals surface area contributed by atoms with Crippen LogP contribution in [0.4, 0.5) is 0 Å². The molecule has 0 amide bonds. The van der Waals surface area contributed by atoms with Crippen LogP contribution >= 0.6 is 0 Å². The monoisotopic (exact) mass is 193 g/mol. The summed E-state index contributed by atoms with van der Waals surface area (Å²) in [6, 6.07) is 6.49. The van der Waals surface area contributed by atoms with Crippen LogP contribution in [0.1, 0.15) is 29.2 Å². The molecule has 0 aromatic heterocycles.